The van der Waals surface area contributed by atoms with Crippen LogP contribution in [0.2, 0.25) is 0 Å². The van der Waals surface area contributed by atoms with Crippen molar-refractivity contribution in [2.75, 3.05) is 6.54 Å². The van der Waals surface area contributed by atoms with Crippen molar-refractivity contribution in [3.8, 4) is 0 Å². The van der Waals surface area contributed by atoms with Crippen molar-refractivity contribution in [1.29, 1.82) is 0 Å². The molecule has 1 heterocycles. The first kappa shape index (κ1) is 14.5. The lowest BCUT2D eigenvalue weighted by Crippen LogP contribution is -2.33. The highest BCUT2D eigenvalue weighted by Crippen LogP contribution is 2.37. The van der Waals surface area contributed by atoms with Crippen LogP contribution in [0, 0.1) is 0 Å². The standard InChI is InChI=1S/C11H16BrNO3S2/c1-2-5-13(8-3-4-8)18(15,16)10-6-9(7-14)17-11(10)12/h6,8,14H,2-5,7H2,1H3. The molecule has 0 bridgehead atoms. The van der Waals surface area contributed by atoms with Crippen molar-refractivity contribution in [1.82, 2.24) is 4.31 Å². The number of sulfonamides is 1. The summed E-state index contributed by atoms with van der Waals surface area (Å²) in [6.45, 7) is 2.41. The fourth-order valence-electron chi connectivity index (χ4n) is 1.86. The highest BCUT2D eigenvalue weighted by Gasteiger charge is 2.38. The maximum absolute atomic E-state index is 12.6. The van der Waals surface area contributed by atoms with E-state index in [0.29, 0.717) is 15.2 Å². The first-order valence-electron chi connectivity index (χ1n) is 5.91. The van der Waals surface area contributed by atoms with Crippen molar-refractivity contribution in [2.24, 2.45) is 0 Å². The van der Waals surface area contributed by atoms with Crippen LogP contribution in [-0.2, 0) is 16.6 Å². The van der Waals surface area contributed by atoms with Gasteiger partial charge < -0.3 is 5.11 Å². The van der Waals surface area contributed by atoms with Crippen molar-refractivity contribution >= 4 is 37.3 Å². The zero-order chi connectivity index (χ0) is 13.3. The first-order valence-corrected chi connectivity index (χ1v) is 8.96. The summed E-state index contributed by atoms with van der Waals surface area (Å²) in [6, 6.07) is 1.73. The van der Waals surface area contributed by atoms with Gasteiger partial charge in [0.25, 0.3) is 0 Å². The van der Waals surface area contributed by atoms with E-state index in [1.807, 2.05) is 6.92 Å². The molecule has 0 atom stereocenters. The molecule has 1 N–H and O–H groups in total. The smallest absolute Gasteiger partial charge is 0.245 e. The zero-order valence-corrected chi connectivity index (χ0v) is 13.3. The van der Waals surface area contributed by atoms with Gasteiger partial charge in [0.05, 0.1) is 10.4 Å². The van der Waals surface area contributed by atoms with E-state index in [1.165, 1.54) is 11.3 Å². The second-order valence-corrected chi connectivity index (χ2v) is 8.67. The minimum absolute atomic E-state index is 0.129. The fraction of sp³-hybridized carbons (Fsp3) is 0.636. The highest BCUT2D eigenvalue weighted by molar-refractivity contribution is 9.11. The van der Waals surface area contributed by atoms with Gasteiger partial charge in [-0.05, 0) is 41.3 Å². The molecule has 0 spiro atoms. The Labute approximate surface area is 120 Å². The summed E-state index contributed by atoms with van der Waals surface area (Å²) in [4.78, 5) is 0.949. The molecule has 1 aliphatic carbocycles. The largest absolute Gasteiger partial charge is 0.391 e. The van der Waals surface area contributed by atoms with Gasteiger partial charge >= 0.3 is 0 Å². The van der Waals surface area contributed by atoms with Crippen molar-refractivity contribution in [3.05, 3.63) is 14.7 Å². The average Bonchev–Trinajstić information content (AvgIpc) is 3.08. The van der Waals surface area contributed by atoms with Gasteiger partial charge in [0, 0.05) is 17.5 Å². The molecule has 2 rings (SSSR count). The molecule has 0 radical (unpaired) electrons. The molecule has 1 aliphatic rings. The summed E-state index contributed by atoms with van der Waals surface area (Å²) in [6.07, 6.45) is 2.71. The third kappa shape index (κ3) is 2.80. The summed E-state index contributed by atoms with van der Waals surface area (Å²) in [5.74, 6) is 0. The van der Waals surface area contributed by atoms with Crippen LogP contribution in [0.5, 0.6) is 0 Å². The molecular weight excluding hydrogens is 338 g/mol. The molecule has 1 aromatic rings. The van der Waals surface area contributed by atoms with Crippen LogP contribution in [0.4, 0.5) is 0 Å². The maximum Gasteiger partial charge on any atom is 0.245 e. The quantitative estimate of drug-likeness (QED) is 0.854. The number of thiophene rings is 1. The molecule has 0 aliphatic heterocycles. The van der Waals surface area contributed by atoms with Crippen molar-refractivity contribution < 1.29 is 13.5 Å². The SMILES string of the molecule is CCCN(C1CC1)S(=O)(=O)c1cc(CO)sc1Br. The normalized spacial score (nSPS) is 16.4. The predicted molar refractivity (Wildman–Crippen MR) is 75.1 cm³/mol. The zero-order valence-electron chi connectivity index (χ0n) is 10.1. The monoisotopic (exact) mass is 353 g/mol. The third-order valence-corrected chi connectivity index (χ3v) is 7.04. The van der Waals surface area contributed by atoms with Crippen LogP contribution in [0.25, 0.3) is 0 Å². The number of halogens is 1. The van der Waals surface area contributed by atoms with E-state index >= 15 is 0 Å². The van der Waals surface area contributed by atoms with E-state index < -0.39 is 10.0 Å². The highest BCUT2D eigenvalue weighted by atomic mass is 79.9. The second-order valence-electron chi connectivity index (χ2n) is 4.36. The lowest BCUT2D eigenvalue weighted by atomic mass is 10.5. The summed E-state index contributed by atoms with van der Waals surface area (Å²) in [5, 5.41) is 9.09. The number of aliphatic hydroxyl groups excluding tert-OH is 1. The molecule has 0 unspecified atom stereocenters. The second kappa shape index (κ2) is 5.58. The third-order valence-electron chi connectivity index (χ3n) is 2.85. The van der Waals surface area contributed by atoms with E-state index in [4.69, 9.17) is 5.11 Å². The van der Waals surface area contributed by atoms with E-state index in [2.05, 4.69) is 15.9 Å². The molecule has 1 aromatic heterocycles. The Kier molecular flexibility index (Phi) is 4.48. The molecule has 102 valence electrons. The van der Waals surface area contributed by atoms with Gasteiger partial charge in [-0.3, -0.25) is 0 Å². The molecule has 0 aromatic carbocycles. The van der Waals surface area contributed by atoms with Gasteiger partial charge in [0.2, 0.25) is 10.0 Å². The van der Waals surface area contributed by atoms with Crippen LogP contribution in [0.15, 0.2) is 14.7 Å². The van der Waals surface area contributed by atoms with Crippen LogP contribution < -0.4 is 0 Å². The van der Waals surface area contributed by atoms with Gasteiger partial charge in [0.15, 0.2) is 0 Å². The van der Waals surface area contributed by atoms with Gasteiger partial charge in [-0.25, -0.2) is 8.42 Å². The number of nitrogens with zero attached hydrogens (tertiary/aromatic N) is 1. The molecule has 18 heavy (non-hydrogen) atoms. The molecule has 0 saturated heterocycles. The molecule has 0 amide bonds. The summed E-state index contributed by atoms with van der Waals surface area (Å²) < 4.78 is 27.3. The Balaban J connectivity index is 2.35. The van der Waals surface area contributed by atoms with E-state index in [9.17, 15) is 8.42 Å². The van der Waals surface area contributed by atoms with Crippen LogP contribution in [-0.4, -0.2) is 30.4 Å². The summed E-state index contributed by atoms with van der Waals surface area (Å²) >= 11 is 4.55. The lowest BCUT2D eigenvalue weighted by molar-refractivity contribution is 0.285. The Bertz CT molecular complexity index is 522. The molecule has 1 fully saturated rings. The van der Waals surface area contributed by atoms with Crippen LogP contribution >= 0.6 is 27.3 Å². The topological polar surface area (TPSA) is 57.6 Å². The van der Waals surface area contributed by atoms with E-state index in [0.717, 1.165) is 19.3 Å². The molecule has 1 saturated carbocycles. The Morgan fingerprint density at radius 3 is 2.67 bits per heavy atom. The number of aliphatic hydroxyl groups is 1. The van der Waals surface area contributed by atoms with Gasteiger partial charge in [-0.2, -0.15) is 4.31 Å². The minimum atomic E-state index is -3.43. The van der Waals surface area contributed by atoms with Crippen molar-refractivity contribution in [3.63, 3.8) is 0 Å². The van der Waals surface area contributed by atoms with Gasteiger partial charge in [-0.1, -0.05) is 6.92 Å². The summed E-state index contributed by atoms with van der Waals surface area (Å²) in [7, 11) is -3.43. The molecule has 7 heteroatoms. The van der Waals surface area contributed by atoms with Gasteiger partial charge in [-0.15, -0.1) is 11.3 Å². The number of rotatable bonds is 6. The van der Waals surface area contributed by atoms with E-state index in [-0.39, 0.29) is 17.5 Å². The Morgan fingerprint density at radius 1 is 1.56 bits per heavy atom. The van der Waals surface area contributed by atoms with Gasteiger partial charge in [0.1, 0.15) is 4.90 Å². The van der Waals surface area contributed by atoms with Crippen LogP contribution in [0.3, 0.4) is 0 Å². The predicted octanol–water partition coefficient (Wildman–Crippen LogP) is 2.57. The molecule has 4 nitrogen and oxygen atoms in total. The van der Waals surface area contributed by atoms with Crippen LogP contribution in [0.1, 0.15) is 31.1 Å². The summed E-state index contributed by atoms with van der Waals surface area (Å²) in [5.41, 5.74) is 0. The van der Waals surface area contributed by atoms with E-state index in [1.54, 1.807) is 10.4 Å². The first-order chi connectivity index (χ1) is 8.50. The Morgan fingerprint density at radius 2 is 2.22 bits per heavy atom. The minimum Gasteiger partial charge on any atom is -0.391 e. The number of hydrogen-bond acceptors (Lipinski definition) is 4. The maximum atomic E-state index is 12.6. The average molecular weight is 354 g/mol. The molecular formula is C11H16BrNO3S2. The lowest BCUT2D eigenvalue weighted by Gasteiger charge is -2.20. The number of hydrogen-bond donors (Lipinski definition) is 1. The fourth-order valence-corrected chi connectivity index (χ4v) is 6.13. The van der Waals surface area contributed by atoms with Crippen molar-refractivity contribution in [2.45, 2.75) is 43.7 Å². The Hall–Kier alpha value is 0.0500.